The average molecular weight is 181 g/mol. The van der Waals surface area contributed by atoms with Crippen LogP contribution >= 0.6 is 0 Å². The van der Waals surface area contributed by atoms with Crippen LogP contribution in [-0.2, 0) is 0 Å². The van der Waals surface area contributed by atoms with Gasteiger partial charge in [-0.25, -0.2) is 0 Å². The molecule has 0 atom stereocenters. The topological polar surface area (TPSA) is 23.5 Å². The molecular formula is C11H19NO. The lowest BCUT2D eigenvalue weighted by atomic mass is 9.76. The summed E-state index contributed by atoms with van der Waals surface area (Å²) in [6.07, 6.45) is 7.17. The first-order valence-electron chi connectivity index (χ1n) is 4.75. The molecule has 0 saturated carbocycles. The van der Waals surface area contributed by atoms with Gasteiger partial charge in [0.15, 0.2) is 0 Å². The van der Waals surface area contributed by atoms with Crippen LogP contribution < -0.4 is 0 Å². The Bertz CT molecular complexity index is 219. The molecule has 2 nitrogen and oxygen atoms in total. The van der Waals surface area contributed by atoms with Crippen LogP contribution in [-0.4, -0.2) is 21.3 Å². The first-order valence-corrected chi connectivity index (χ1v) is 4.75. The van der Waals surface area contributed by atoms with Crippen molar-refractivity contribution in [2.45, 2.75) is 51.6 Å². The van der Waals surface area contributed by atoms with E-state index in [0.29, 0.717) is 0 Å². The Labute approximate surface area is 80.9 Å². The molecule has 74 valence electrons. The van der Waals surface area contributed by atoms with E-state index in [0.717, 1.165) is 12.8 Å². The van der Waals surface area contributed by atoms with Gasteiger partial charge >= 0.3 is 0 Å². The minimum atomic E-state index is -0.210. The van der Waals surface area contributed by atoms with Crippen LogP contribution in [0.25, 0.3) is 0 Å². The lowest BCUT2D eigenvalue weighted by molar-refractivity contribution is -0.247. The summed E-state index contributed by atoms with van der Waals surface area (Å²) in [6, 6.07) is 0. The number of piperidine rings is 1. The quantitative estimate of drug-likeness (QED) is 0.579. The van der Waals surface area contributed by atoms with Crippen molar-refractivity contribution in [1.82, 2.24) is 5.06 Å². The van der Waals surface area contributed by atoms with Crippen LogP contribution in [0.2, 0.25) is 0 Å². The minimum Gasteiger partial charge on any atom is -0.313 e. The summed E-state index contributed by atoms with van der Waals surface area (Å²) in [5.74, 6) is 3.08. The van der Waals surface area contributed by atoms with Crippen LogP contribution in [0.1, 0.15) is 40.5 Å². The van der Waals surface area contributed by atoms with Gasteiger partial charge in [-0.2, -0.15) is 5.06 Å². The zero-order valence-corrected chi connectivity index (χ0v) is 8.96. The molecule has 0 radical (unpaired) electrons. The van der Waals surface area contributed by atoms with Gasteiger partial charge in [-0.1, -0.05) is 0 Å². The Kier molecular flexibility index (Phi) is 2.44. The Morgan fingerprint density at radius 3 is 1.92 bits per heavy atom. The van der Waals surface area contributed by atoms with E-state index in [1.54, 1.807) is 0 Å². The van der Waals surface area contributed by atoms with Crippen molar-refractivity contribution in [2.24, 2.45) is 5.92 Å². The molecule has 1 fully saturated rings. The van der Waals surface area contributed by atoms with Crippen LogP contribution in [0, 0.1) is 18.3 Å². The van der Waals surface area contributed by atoms with Gasteiger partial charge in [-0.15, -0.1) is 12.3 Å². The van der Waals surface area contributed by atoms with Gasteiger partial charge < -0.3 is 5.21 Å². The summed E-state index contributed by atoms with van der Waals surface area (Å²) in [7, 11) is 0. The molecule has 0 aromatic heterocycles. The molecule has 0 unspecified atom stereocenters. The Balaban J connectivity index is 2.90. The standard InChI is InChI=1S/C11H19NO/c1-6-9-7-10(2,3)12(13)11(4,5)8-9/h1,9,13H,7-8H2,2-5H3. The van der Waals surface area contributed by atoms with E-state index in [9.17, 15) is 5.21 Å². The summed E-state index contributed by atoms with van der Waals surface area (Å²) >= 11 is 0. The number of hydroxylamine groups is 2. The first kappa shape index (κ1) is 10.6. The van der Waals surface area contributed by atoms with Crippen molar-refractivity contribution in [3.63, 3.8) is 0 Å². The van der Waals surface area contributed by atoms with Gasteiger partial charge in [0.2, 0.25) is 0 Å². The van der Waals surface area contributed by atoms with E-state index in [4.69, 9.17) is 6.42 Å². The average Bonchev–Trinajstić information content (AvgIpc) is 1.99. The molecule has 1 rings (SSSR count). The maximum absolute atomic E-state index is 9.94. The van der Waals surface area contributed by atoms with Gasteiger partial charge in [-0.05, 0) is 40.5 Å². The fraction of sp³-hybridized carbons (Fsp3) is 0.818. The van der Waals surface area contributed by atoms with Crippen LogP contribution in [0.4, 0.5) is 0 Å². The third-order valence-electron chi connectivity index (χ3n) is 2.87. The number of terminal acetylenes is 1. The molecule has 0 aliphatic carbocycles. The highest BCUT2D eigenvalue weighted by Gasteiger charge is 2.44. The number of hydrogen-bond donors (Lipinski definition) is 1. The van der Waals surface area contributed by atoms with Gasteiger partial charge in [0.05, 0.1) is 0 Å². The number of hydrogen-bond acceptors (Lipinski definition) is 2. The van der Waals surface area contributed by atoms with E-state index in [1.165, 1.54) is 5.06 Å². The second-order valence-electron chi connectivity index (χ2n) is 5.21. The fourth-order valence-corrected chi connectivity index (χ4v) is 2.39. The van der Waals surface area contributed by atoms with Crippen molar-refractivity contribution < 1.29 is 5.21 Å². The Morgan fingerprint density at radius 2 is 1.62 bits per heavy atom. The Morgan fingerprint density at radius 1 is 1.23 bits per heavy atom. The monoisotopic (exact) mass is 181 g/mol. The predicted molar refractivity (Wildman–Crippen MR) is 53.3 cm³/mol. The van der Waals surface area contributed by atoms with Crippen molar-refractivity contribution in [2.75, 3.05) is 0 Å². The molecule has 0 aromatic rings. The minimum absolute atomic E-state index is 0.210. The van der Waals surface area contributed by atoms with Crippen molar-refractivity contribution in [3.05, 3.63) is 0 Å². The van der Waals surface area contributed by atoms with Crippen LogP contribution in [0.3, 0.4) is 0 Å². The van der Waals surface area contributed by atoms with Gasteiger partial charge in [-0.3, -0.25) is 0 Å². The summed E-state index contributed by atoms with van der Waals surface area (Å²) in [5.41, 5.74) is -0.419. The van der Waals surface area contributed by atoms with Gasteiger partial charge in [0.1, 0.15) is 0 Å². The highest BCUT2D eigenvalue weighted by atomic mass is 16.5. The van der Waals surface area contributed by atoms with E-state index in [1.807, 2.05) is 27.7 Å². The molecular weight excluding hydrogens is 162 g/mol. The number of nitrogens with zero attached hydrogens (tertiary/aromatic N) is 1. The molecule has 0 spiro atoms. The molecule has 1 aliphatic rings. The summed E-state index contributed by atoms with van der Waals surface area (Å²) in [4.78, 5) is 0. The summed E-state index contributed by atoms with van der Waals surface area (Å²) in [5, 5.41) is 11.4. The molecule has 0 aromatic carbocycles. The second kappa shape index (κ2) is 3.01. The molecule has 0 bridgehead atoms. The lowest BCUT2D eigenvalue weighted by Gasteiger charge is -2.50. The highest BCUT2D eigenvalue weighted by molar-refractivity contribution is 5.05. The molecule has 1 aliphatic heterocycles. The lowest BCUT2D eigenvalue weighted by Crippen LogP contribution is -2.58. The molecule has 2 heteroatoms. The molecule has 0 amide bonds. The van der Waals surface area contributed by atoms with Gasteiger partial charge in [0, 0.05) is 17.0 Å². The molecule has 1 N–H and O–H groups in total. The SMILES string of the molecule is C#CC1CC(C)(C)N(O)C(C)(C)C1. The van der Waals surface area contributed by atoms with Gasteiger partial charge in [0.25, 0.3) is 0 Å². The van der Waals surface area contributed by atoms with Crippen molar-refractivity contribution in [3.8, 4) is 12.3 Å². The third-order valence-corrected chi connectivity index (χ3v) is 2.87. The van der Waals surface area contributed by atoms with E-state index in [2.05, 4.69) is 5.92 Å². The van der Waals surface area contributed by atoms with Crippen LogP contribution in [0.15, 0.2) is 0 Å². The predicted octanol–water partition coefficient (Wildman–Crippen LogP) is 2.28. The molecule has 1 heterocycles. The Hall–Kier alpha value is -0.520. The van der Waals surface area contributed by atoms with Crippen molar-refractivity contribution in [1.29, 1.82) is 0 Å². The normalized spacial score (nSPS) is 28.3. The summed E-state index contributed by atoms with van der Waals surface area (Å²) < 4.78 is 0. The second-order valence-corrected chi connectivity index (χ2v) is 5.21. The summed E-state index contributed by atoms with van der Waals surface area (Å²) in [6.45, 7) is 8.10. The van der Waals surface area contributed by atoms with E-state index in [-0.39, 0.29) is 17.0 Å². The smallest absolute Gasteiger partial charge is 0.0422 e. The van der Waals surface area contributed by atoms with E-state index >= 15 is 0 Å². The fourth-order valence-electron chi connectivity index (χ4n) is 2.39. The molecule has 1 saturated heterocycles. The maximum Gasteiger partial charge on any atom is 0.0422 e. The first-order chi connectivity index (χ1) is 5.79. The maximum atomic E-state index is 9.94. The van der Waals surface area contributed by atoms with E-state index < -0.39 is 0 Å². The molecule has 13 heavy (non-hydrogen) atoms. The third kappa shape index (κ3) is 1.87. The highest BCUT2D eigenvalue weighted by Crippen LogP contribution is 2.39. The zero-order chi connectivity index (χ0) is 10.3. The van der Waals surface area contributed by atoms with Crippen molar-refractivity contribution >= 4 is 0 Å². The number of rotatable bonds is 0. The van der Waals surface area contributed by atoms with Crippen LogP contribution in [0.5, 0.6) is 0 Å². The largest absolute Gasteiger partial charge is 0.313 e. The zero-order valence-electron chi connectivity index (χ0n) is 8.96.